The lowest BCUT2D eigenvalue weighted by Crippen LogP contribution is -2.38. The molecule has 0 aliphatic rings. The molecule has 0 saturated carbocycles. The van der Waals surface area contributed by atoms with Gasteiger partial charge in [0.2, 0.25) is 0 Å². The molecule has 0 atom stereocenters. The number of nitrogens with zero attached hydrogens (tertiary/aromatic N) is 3. The van der Waals surface area contributed by atoms with Gasteiger partial charge in [-0.2, -0.15) is 16.9 Å². The van der Waals surface area contributed by atoms with Crippen LogP contribution in [0.1, 0.15) is 18.1 Å². The molecular formula is C17H26IN5S. The van der Waals surface area contributed by atoms with Crippen LogP contribution in [0.5, 0.6) is 0 Å². The van der Waals surface area contributed by atoms with Gasteiger partial charge in [-0.25, -0.2) is 4.99 Å². The van der Waals surface area contributed by atoms with Crippen molar-refractivity contribution in [1.82, 2.24) is 20.4 Å². The van der Waals surface area contributed by atoms with E-state index in [2.05, 4.69) is 53.2 Å². The Morgan fingerprint density at radius 1 is 1.21 bits per heavy atom. The lowest BCUT2D eigenvalue weighted by Gasteiger charge is -2.12. The van der Waals surface area contributed by atoms with Crippen LogP contribution in [-0.2, 0) is 13.1 Å². The zero-order valence-electron chi connectivity index (χ0n) is 14.2. The van der Waals surface area contributed by atoms with Crippen LogP contribution >= 0.6 is 35.7 Å². The van der Waals surface area contributed by atoms with E-state index in [1.54, 1.807) is 6.20 Å². The molecule has 2 aromatic rings. The highest BCUT2D eigenvalue weighted by atomic mass is 127. The number of aromatic nitrogens is 2. The molecule has 0 unspecified atom stereocenters. The van der Waals surface area contributed by atoms with Crippen LogP contribution in [-0.4, -0.2) is 40.8 Å². The Balaban J connectivity index is 0.00000288. The first-order valence-corrected chi connectivity index (χ1v) is 9.28. The summed E-state index contributed by atoms with van der Waals surface area (Å²) in [5.41, 5.74) is 2.48. The van der Waals surface area contributed by atoms with Gasteiger partial charge in [0.1, 0.15) is 0 Å². The number of guanidine groups is 1. The molecule has 1 heterocycles. The molecule has 0 amide bonds. The lowest BCUT2D eigenvalue weighted by atomic mass is 10.1. The third kappa shape index (κ3) is 7.12. The van der Waals surface area contributed by atoms with Gasteiger partial charge in [-0.15, -0.1) is 24.0 Å². The number of nitrogens with one attached hydrogen (secondary N) is 2. The standard InChI is InChI=1S/C17H25N5S.HI/c1-3-18-17(19-10-12-23-2)20-13-15-7-4-5-8-16(15)14-22-11-6-9-21-22;/h4-9,11H,3,10,12-14H2,1-2H3,(H2,18,19,20);1H. The quantitative estimate of drug-likeness (QED) is 0.276. The van der Waals surface area contributed by atoms with Crippen molar-refractivity contribution in [3.8, 4) is 0 Å². The molecule has 0 spiro atoms. The first-order chi connectivity index (χ1) is 11.3. The van der Waals surface area contributed by atoms with E-state index in [0.717, 1.165) is 31.3 Å². The summed E-state index contributed by atoms with van der Waals surface area (Å²) in [4.78, 5) is 4.70. The summed E-state index contributed by atoms with van der Waals surface area (Å²) in [6.07, 6.45) is 5.89. The van der Waals surface area contributed by atoms with E-state index in [1.807, 2.05) is 28.7 Å². The van der Waals surface area contributed by atoms with E-state index in [9.17, 15) is 0 Å². The van der Waals surface area contributed by atoms with E-state index >= 15 is 0 Å². The van der Waals surface area contributed by atoms with Gasteiger partial charge >= 0.3 is 0 Å². The van der Waals surface area contributed by atoms with E-state index in [1.165, 1.54) is 11.1 Å². The zero-order chi connectivity index (χ0) is 16.3. The van der Waals surface area contributed by atoms with E-state index < -0.39 is 0 Å². The van der Waals surface area contributed by atoms with Crippen LogP contribution in [0.25, 0.3) is 0 Å². The summed E-state index contributed by atoms with van der Waals surface area (Å²) in [6.45, 7) is 5.29. The SMILES string of the molecule is CCNC(=NCc1ccccc1Cn1cccn1)NCCSC.I. The maximum absolute atomic E-state index is 4.70. The van der Waals surface area contributed by atoms with Gasteiger partial charge in [0.05, 0.1) is 13.1 Å². The summed E-state index contributed by atoms with van der Waals surface area (Å²) in [7, 11) is 0. The molecule has 0 aliphatic carbocycles. The molecule has 7 heteroatoms. The van der Waals surface area contributed by atoms with Crippen molar-refractivity contribution >= 4 is 41.7 Å². The smallest absolute Gasteiger partial charge is 0.191 e. The predicted molar refractivity (Wildman–Crippen MR) is 114 cm³/mol. The Bertz CT molecular complexity index is 601. The molecule has 0 radical (unpaired) electrons. The molecule has 1 aromatic heterocycles. The fourth-order valence-electron chi connectivity index (χ4n) is 2.21. The van der Waals surface area contributed by atoms with Crippen molar-refractivity contribution in [2.45, 2.75) is 20.0 Å². The Kier molecular flexibility index (Phi) is 10.6. The molecule has 0 aliphatic heterocycles. The Morgan fingerprint density at radius 2 is 2.00 bits per heavy atom. The fourth-order valence-corrected chi connectivity index (χ4v) is 2.52. The maximum Gasteiger partial charge on any atom is 0.191 e. The molecule has 2 N–H and O–H groups in total. The minimum Gasteiger partial charge on any atom is -0.357 e. The van der Waals surface area contributed by atoms with Gasteiger partial charge in [0.25, 0.3) is 0 Å². The Hall–Kier alpha value is -1.22. The molecule has 2 rings (SSSR count). The third-order valence-electron chi connectivity index (χ3n) is 3.36. The third-order valence-corrected chi connectivity index (χ3v) is 3.97. The van der Waals surface area contributed by atoms with Gasteiger partial charge in [-0.05, 0) is 30.4 Å². The Labute approximate surface area is 165 Å². The van der Waals surface area contributed by atoms with Crippen LogP contribution in [0.3, 0.4) is 0 Å². The second kappa shape index (κ2) is 12.2. The highest BCUT2D eigenvalue weighted by Crippen LogP contribution is 2.11. The van der Waals surface area contributed by atoms with Crippen molar-refractivity contribution in [2.75, 3.05) is 25.1 Å². The molecule has 5 nitrogen and oxygen atoms in total. The van der Waals surface area contributed by atoms with Crippen LogP contribution in [0.4, 0.5) is 0 Å². The van der Waals surface area contributed by atoms with Gasteiger partial charge in [-0.1, -0.05) is 24.3 Å². The van der Waals surface area contributed by atoms with Crippen molar-refractivity contribution in [2.24, 2.45) is 4.99 Å². The number of hydrogen-bond acceptors (Lipinski definition) is 3. The summed E-state index contributed by atoms with van der Waals surface area (Å²) in [5.74, 6) is 1.94. The normalized spacial score (nSPS) is 11.0. The Morgan fingerprint density at radius 3 is 2.67 bits per heavy atom. The number of halogens is 1. The van der Waals surface area contributed by atoms with Crippen LogP contribution in [0, 0.1) is 0 Å². The summed E-state index contributed by atoms with van der Waals surface area (Å²) in [5, 5.41) is 10.9. The zero-order valence-corrected chi connectivity index (χ0v) is 17.4. The van der Waals surface area contributed by atoms with Gasteiger partial charge in [0.15, 0.2) is 5.96 Å². The predicted octanol–water partition coefficient (Wildman–Crippen LogP) is 2.97. The van der Waals surface area contributed by atoms with E-state index in [0.29, 0.717) is 6.54 Å². The monoisotopic (exact) mass is 459 g/mol. The van der Waals surface area contributed by atoms with Gasteiger partial charge in [0, 0.05) is 31.2 Å². The average Bonchev–Trinajstić information content (AvgIpc) is 3.07. The number of rotatable bonds is 8. The van der Waals surface area contributed by atoms with E-state index in [4.69, 9.17) is 4.99 Å². The minimum absolute atomic E-state index is 0. The first-order valence-electron chi connectivity index (χ1n) is 7.88. The first kappa shape index (κ1) is 20.8. The molecule has 0 saturated heterocycles. The molecule has 1 aromatic carbocycles. The fraction of sp³-hybridized carbons (Fsp3) is 0.412. The molecule has 24 heavy (non-hydrogen) atoms. The molecule has 0 fully saturated rings. The second-order valence-corrected chi connectivity index (χ2v) is 6.07. The second-order valence-electron chi connectivity index (χ2n) is 5.09. The molecule has 0 bridgehead atoms. The topological polar surface area (TPSA) is 54.2 Å². The minimum atomic E-state index is 0. The highest BCUT2D eigenvalue weighted by molar-refractivity contribution is 14.0. The van der Waals surface area contributed by atoms with Crippen LogP contribution in [0.15, 0.2) is 47.7 Å². The van der Waals surface area contributed by atoms with Crippen molar-refractivity contribution in [3.63, 3.8) is 0 Å². The molecule has 132 valence electrons. The highest BCUT2D eigenvalue weighted by Gasteiger charge is 2.03. The van der Waals surface area contributed by atoms with Crippen molar-refractivity contribution in [1.29, 1.82) is 0 Å². The lowest BCUT2D eigenvalue weighted by molar-refractivity contribution is 0.681. The summed E-state index contributed by atoms with van der Waals surface area (Å²) < 4.78 is 1.93. The maximum atomic E-state index is 4.70. The van der Waals surface area contributed by atoms with Crippen molar-refractivity contribution < 1.29 is 0 Å². The summed E-state index contributed by atoms with van der Waals surface area (Å²) >= 11 is 1.83. The van der Waals surface area contributed by atoms with E-state index in [-0.39, 0.29) is 24.0 Å². The summed E-state index contributed by atoms with van der Waals surface area (Å²) in [6, 6.07) is 10.3. The van der Waals surface area contributed by atoms with Crippen LogP contribution < -0.4 is 10.6 Å². The number of thioether (sulfide) groups is 1. The molecular weight excluding hydrogens is 433 g/mol. The number of hydrogen-bond donors (Lipinski definition) is 2. The van der Waals surface area contributed by atoms with Gasteiger partial charge < -0.3 is 10.6 Å². The van der Waals surface area contributed by atoms with Crippen LogP contribution in [0.2, 0.25) is 0 Å². The number of benzene rings is 1. The number of aliphatic imine (C=N–C) groups is 1. The average molecular weight is 459 g/mol. The largest absolute Gasteiger partial charge is 0.357 e. The van der Waals surface area contributed by atoms with Gasteiger partial charge in [-0.3, -0.25) is 4.68 Å². The van der Waals surface area contributed by atoms with Crippen molar-refractivity contribution in [3.05, 3.63) is 53.9 Å².